The molecule has 23 heavy (non-hydrogen) atoms. The lowest BCUT2D eigenvalue weighted by Crippen LogP contribution is -2.47. The molecule has 8 heteroatoms. The normalized spacial score (nSPS) is 17.6. The van der Waals surface area contributed by atoms with Gasteiger partial charge < -0.3 is 20.1 Å². The molecule has 1 aliphatic carbocycles. The molecule has 2 N–H and O–H groups in total. The van der Waals surface area contributed by atoms with Crippen LogP contribution in [0.2, 0.25) is 0 Å². The topological polar surface area (TPSA) is 89.0 Å². The van der Waals surface area contributed by atoms with E-state index in [9.17, 15) is 8.42 Å². The quantitative estimate of drug-likeness (QED) is 0.319. The number of methoxy groups -OCH3 is 1. The first-order valence-electron chi connectivity index (χ1n) is 8.10. The first-order chi connectivity index (χ1) is 10.9. The zero-order valence-electron chi connectivity index (χ0n) is 14.6. The largest absolute Gasteiger partial charge is 0.385 e. The lowest BCUT2D eigenvalue weighted by atomic mass is 9.67. The smallest absolute Gasteiger partial charge is 0.191 e. The van der Waals surface area contributed by atoms with E-state index < -0.39 is 9.84 Å². The second-order valence-electron chi connectivity index (χ2n) is 6.19. The number of rotatable bonds is 11. The molecule has 136 valence electrons. The Kier molecular flexibility index (Phi) is 8.86. The van der Waals surface area contributed by atoms with E-state index in [1.807, 2.05) is 0 Å². The summed E-state index contributed by atoms with van der Waals surface area (Å²) in [5, 5.41) is 6.55. The maximum atomic E-state index is 11.0. The van der Waals surface area contributed by atoms with Crippen molar-refractivity contribution in [3.63, 3.8) is 0 Å². The zero-order valence-corrected chi connectivity index (χ0v) is 15.4. The van der Waals surface area contributed by atoms with Gasteiger partial charge in [-0.3, -0.25) is 4.99 Å². The fourth-order valence-electron chi connectivity index (χ4n) is 2.56. The number of nitrogens with zero attached hydrogens (tertiary/aromatic N) is 1. The van der Waals surface area contributed by atoms with Gasteiger partial charge in [-0.05, 0) is 24.7 Å². The van der Waals surface area contributed by atoms with Gasteiger partial charge in [-0.15, -0.1) is 0 Å². The summed E-state index contributed by atoms with van der Waals surface area (Å²) < 4.78 is 32.4. The van der Waals surface area contributed by atoms with Crippen LogP contribution in [0.5, 0.6) is 0 Å². The summed E-state index contributed by atoms with van der Waals surface area (Å²) in [6, 6.07) is 0. The number of aliphatic imine (C=N–C) groups is 1. The van der Waals surface area contributed by atoms with Crippen molar-refractivity contribution in [3.8, 4) is 0 Å². The highest BCUT2D eigenvalue weighted by Crippen LogP contribution is 2.43. The number of ether oxygens (including phenoxy) is 2. The van der Waals surface area contributed by atoms with E-state index in [4.69, 9.17) is 9.47 Å². The predicted molar refractivity (Wildman–Crippen MR) is 92.7 cm³/mol. The Morgan fingerprint density at radius 3 is 2.48 bits per heavy atom. The van der Waals surface area contributed by atoms with Crippen molar-refractivity contribution in [2.24, 2.45) is 10.4 Å². The summed E-state index contributed by atoms with van der Waals surface area (Å²) in [6.07, 6.45) is 6.03. The molecular formula is C15H31N3O4S. The average molecular weight is 349 g/mol. The van der Waals surface area contributed by atoms with E-state index in [2.05, 4.69) is 15.6 Å². The highest BCUT2D eigenvalue weighted by Gasteiger charge is 2.36. The van der Waals surface area contributed by atoms with E-state index in [-0.39, 0.29) is 12.4 Å². The molecule has 0 aliphatic heterocycles. The maximum absolute atomic E-state index is 11.0. The second-order valence-corrected chi connectivity index (χ2v) is 8.45. The van der Waals surface area contributed by atoms with Crippen LogP contribution in [0.3, 0.4) is 0 Å². The fourth-order valence-corrected chi connectivity index (χ4v) is 2.98. The van der Waals surface area contributed by atoms with Crippen molar-refractivity contribution >= 4 is 15.8 Å². The van der Waals surface area contributed by atoms with Crippen LogP contribution in [0.1, 0.15) is 25.7 Å². The van der Waals surface area contributed by atoms with Crippen LogP contribution in [0, 0.1) is 5.41 Å². The van der Waals surface area contributed by atoms with Crippen molar-refractivity contribution in [1.82, 2.24) is 10.6 Å². The molecule has 7 nitrogen and oxygen atoms in total. The number of sulfone groups is 1. The minimum atomic E-state index is -2.95. The Labute approximate surface area is 140 Å². The molecule has 0 bridgehead atoms. The van der Waals surface area contributed by atoms with E-state index in [0.717, 1.165) is 25.5 Å². The lowest BCUT2D eigenvalue weighted by Gasteiger charge is -2.42. The van der Waals surface area contributed by atoms with Crippen LogP contribution < -0.4 is 10.6 Å². The summed E-state index contributed by atoms with van der Waals surface area (Å²) in [7, 11) is 0.525. The van der Waals surface area contributed by atoms with Gasteiger partial charge in [0.15, 0.2) is 5.96 Å². The fraction of sp³-hybridized carbons (Fsp3) is 0.933. The molecule has 0 unspecified atom stereocenters. The first-order valence-corrected chi connectivity index (χ1v) is 10.2. The second kappa shape index (κ2) is 10.1. The van der Waals surface area contributed by atoms with Gasteiger partial charge in [0, 0.05) is 40.1 Å². The molecule has 1 rings (SSSR count). The lowest BCUT2D eigenvalue weighted by molar-refractivity contribution is 0.0732. The molecule has 0 saturated heterocycles. The minimum absolute atomic E-state index is 0.0575. The monoisotopic (exact) mass is 349 g/mol. The Morgan fingerprint density at radius 1 is 1.22 bits per heavy atom. The van der Waals surface area contributed by atoms with E-state index in [1.165, 1.54) is 25.5 Å². The average Bonchev–Trinajstić information content (AvgIpc) is 2.45. The SMILES string of the molecule is CN=C(NCCOCCS(C)(=O)=O)NCC1(CCOC)CCC1. The molecule has 0 amide bonds. The number of hydrogen-bond acceptors (Lipinski definition) is 5. The van der Waals surface area contributed by atoms with Gasteiger partial charge in [0.25, 0.3) is 0 Å². The molecule has 0 aromatic carbocycles. The summed E-state index contributed by atoms with van der Waals surface area (Å²) in [6.45, 7) is 2.96. The molecule has 0 spiro atoms. The first kappa shape index (κ1) is 20.2. The molecule has 0 atom stereocenters. The highest BCUT2D eigenvalue weighted by atomic mass is 32.2. The minimum Gasteiger partial charge on any atom is -0.385 e. The highest BCUT2D eigenvalue weighted by molar-refractivity contribution is 7.90. The van der Waals surface area contributed by atoms with Gasteiger partial charge in [-0.1, -0.05) is 6.42 Å². The van der Waals surface area contributed by atoms with Crippen LogP contribution in [0.25, 0.3) is 0 Å². The van der Waals surface area contributed by atoms with E-state index in [1.54, 1.807) is 14.2 Å². The van der Waals surface area contributed by atoms with Gasteiger partial charge in [0.1, 0.15) is 9.84 Å². The molecule has 0 heterocycles. The van der Waals surface area contributed by atoms with Gasteiger partial charge in [0.05, 0.1) is 19.0 Å². The Morgan fingerprint density at radius 2 is 1.96 bits per heavy atom. The summed E-state index contributed by atoms with van der Waals surface area (Å²) in [5.74, 6) is 0.808. The molecule has 0 aromatic rings. The van der Waals surface area contributed by atoms with Gasteiger partial charge in [-0.25, -0.2) is 8.42 Å². The van der Waals surface area contributed by atoms with Crippen LogP contribution in [0.4, 0.5) is 0 Å². The molecule has 1 aliphatic rings. The van der Waals surface area contributed by atoms with Crippen LogP contribution in [-0.4, -0.2) is 73.5 Å². The van der Waals surface area contributed by atoms with Crippen molar-refractivity contribution in [2.45, 2.75) is 25.7 Å². The van der Waals surface area contributed by atoms with Crippen molar-refractivity contribution in [1.29, 1.82) is 0 Å². The number of hydrogen-bond donors (Lipinski definition) is 2. The van der Waals surface area contributed by atoms with Crippen LogP contribution in [0.15, 0.2) is 4.99 Å². The zero-order chi connectivity index (χ0) is 17.2. The summed E-state index contributed by atoms with van der Waals surface area (Å²) in [5.41, 5.74) is 0.333. The molecular weight excluding hydrogens is 318 g/mol. The number of nitrogens with one attached hydrogen (secondary N) is 2. The Balaban J connectivity index is 2.17. The van der Waals surface area contributed by atoms with Gasteiger partial charge >= 0.3 is 0 Å². The Hall–Kier alpha value is -0.860. The van der Waals surface area contributed by atoms with Crippen molar-refractivity contribution in [3.05, 3.63) is 0 Å². The van der Waals surface area contributed by atoms with E-state index >= 15 is 0 Å². The van der Waals surface area contributed by atoms with Gasteiger partial charge in [-0.2, -0.15) is 0 Å². The predicted octanol–water partition coefficient (Wildman–Crippen LogP) is 0.419. The third kappa shape index (κ3) is 8.53. The summed E-state index contributed by atoms with van der Waals surface area (Å²) in [4.78, 5) is 4.20. The van der Waals surface area contributed by atoms with Crippen LogP contribution >= 0.6 is 0 Å². The van der Waals surface area contributed by atoms with E-state index in [0.29, 0.717) is 18.6 Å². The summed E-state index contributed by atoms with van der Waals surface area (Å²) >= 11 is 0. The van der Waals surface area contributed by atoms with Crippen LogP contribution in [-0.2, 0) is 19.3 Å². The van der Waals surface area contributed by atoms with Gasteiger partial charge in [0.2, 0.25) is 0 Å². The Bertz CT molecular complexity index is 461. The molecule has 0 radical (unpaired) electrons. The molecule has 1 saturated carbocycles. The maximum Gasteiger partial charge on any atom is 0.191 e. The molecule has 1 fully saturated rings. The van der Waals surface area contributed by atoms with Crippen molar-refractivity contribution < 1.29 is 17.9 Å². The standard InChI is InChI=1S/C15H31N3O4S/c1-16-14(17-8-10-22-11-12-23(3,19)20)18-13-15(5-4-6-15)7-9-21-2/h4-13H2,1-3H3,(H2,16,17,18). The third-order valence-corrected chi connectivity index (χ3v) is 5.15. The van der Waals surface area contributed by atoms with Crippen molar-refractivity contribution in [2.75, 3.05) is 59.1 Å². The molecule has 0 aromatic heterocycles. The third-order valence-electron chi connectivity index (χ3n) is 4.24. The number of guanidine groups is 1.